The van der Waals surface area contributed by atoms with E-state index in [2.05, 4.69) is 24.0 Å². The van der Waals surface area contributed by atoms with Gasteiger partial charge >= 0.3 is 5.97 Å². The molecule has 0 spiro atoms. The van der Waals surface area contributed by atoms with Gasteiger partial charge in [-0.05, 0) is 35.7 Å². The van der Waals surface area contributed by atoms with Gasteiger partial charge in [0.15, 0.2) is 13.2 Å². The van der Waals surface area contributed by atoms with E-state index in [1.54, 1.807) is 31.4 Å². The van der Waals surface area contributed by atoms with Crippen molar-refractivity contribution in [3.63, 3.8) is 0 Å². The van der Waals surface area contributed by atoms with Crippen molar-refractivity contribution in [1.82, 2.24) is 10.1 Å². The van der Waals surface area contributed by atoms with Crippen molar-refractivity contribution in [2.75, 3.05) is 13.7 Å². The molecule has 0 aliphatic carbocycles. The average Bonchev–Trinajstić information content (AvgIpc) is 3.20. The van der Waals surface area contributed by atoms with Crippen molar-refractivity contribution >= 4 is 5.97 Å². The Morgan fingerprint density at radius 1 is 1.04 bits per heavy atom. The summed E-state index contributed by atoms with van der Waals surface area (Å²) in [5, 5.41) is 3.93. The van der Waals surface area contributed by atoms with Crippen molar-refractivity contribution in [1.29, 1.82) is 0 Å². The highest BCUT2D eigenvalue weighted by Gasteiger charge is 2.12. The number of ether oxygens (including phenoxy) is 3. The average molecular weight is 382 g/mol. The van der Waals surface area contributed by atoms with E-state index in [1.807, 2.05) is 24.3 Å². The Morgan fingerprint density at radius 2 is 1.71 bits per heavy atom. The predicted octanol–water partition coefficient (Wildman–Crippen LogP) is 3.99. The summed E-state index contributed by atoms with van der Waals surface area (Å²) >= 11 is 0. The minimum Gasteiger partial charge on any atom is -0.497 e. The summed E-state index contributed by atoms with van der Waals surface area (Å²) < 4.78 is 20.7. The van der Waals surface area contributed by atoms with Gasteiger partial charge in [0.05, 0.1) is 7.11 Å². The Kier molecular flexibility index (Phi) is 6.26. The minimum absolute atomic E-state index is 0.109. The third-order valence-corrected chi connectivity index (χ3v) is 4.08. The molecule has 0 aliphatic rings. The van der Waals surface area contributed by atoms with E-state index < -0.39 is 5.97 Å². The van der Waals surface area contributed by atoms with Crippen LogP contribution < -0.4 is 9.47 Å². The standard InChI is InChI=1S/C21H22N2O5/c1-14(2)15-4-6-16(7-5-15)21-22-19(28-23-21)12-27-20(24)13-26-18-10-8-17(25-3)9-11-18/h4-11,14H,12-13H2,1-3H3. The van der Waals surface area contributed by atoms with Crippen molar-refractivity contribution < 1.29 is 23.5 Å². The first kappa shape index (κ1) is 19.4. The van der Waals surface area contributed by atoms with Crippen LogP contribution in [0.3, 0.4) is 0 Å². The largest absolute Gasteiger partial charge is 0.497 e. The van der Waals surface area contributed by atoms with Crippen LogP contribution in [0.2, 0.25) is 0 Å². The molecule has 3 aromatic rings. The summed E-state index contributed by atoms with van der Waals surface area (Å²) in [6.45, 7) is 3.94. The van der Waals surface area contributed by atoms with Crippen molar-refractivity contribution in [3.05, 3.63) is 60.0 Å². The molecule has 2 aromatic carbocycles. The van der Waals surface area contributed by atoms with Crippen LogP contribution in [0.4, 0.5) is 0 Å². The molecule has 0 unspecified atom stereocenters. The van der Waals surface area contributed by atoms with E-state index >= 15 is 0 Å². The molecule has 1 heterocycles. The Hall–Kier alpha value is -3.35. The molecule has 0 saturated heterocycles. The summed E-state index contributed by atoms with van der Waals surface area (Å²) in [4.78, 5) is 16.1. The number of aromatic nitrogens is 2. The smallest absolute Gasteiger partial charge is 0.344 e. The first-order chi connectivity index (χ1) is 13.5. The number of esters is 1. The second kappa shape index (κ2) is 9.03. The Balaban J connectivity index is 1.48. The molecule has 0 fully saturated rings. The molecule has 7 nitrogen and oxygen atoms in total. The lowest BCUT2D eigenvalue weighted by Gasteiger charge is -2.06. The van der Waals surface area contributed by atoms with Gasteiger partial charge in [0, 0.05) is 5.56 Å². The highest BCUT2D eigenvalue weighted by Crippen LogP contribution is 2.21. The first-order valence-corrected chi connectivity index (χ1v) is 8.90. The SMILES string of the molecule is COc1ccc(OCC(=O)OCc2nc(-c3ccc(C(C)C)cc3)no2)cc1. The summed E-state index contributed by atoms with van der Waals surface area (Å²) in [6.07, 6.45) is 0. The molecule has 146 valence electrons. The van der Waals surface area contributed by atoms with Gasteiger partial charge in [-0.2, -0.15) is 4.98 Å². The molecule has 0 aliphatic heterocycles. The van der Waals surface area contributed by atoms with Gasteiger partial charge in [0.1, 0.15) is 11.5 Å². The van der Waals surface area contributed by atoms with Crippen LogP contribution in [-0.4, -0.2) is 29.8 Å². The molecule has 0 N–H and O–H groups in total. The molecule has 0 saturated carbocycles. The van der Waals surface area contributed by atoms with Gasteiger partial charge in [-0.25, -0.2) is 4.79 Å². The molecule has 28 heavy (non-hydrogen) atoms. The first-order valence-electron chi connectivity index (χ1n) is 8.90. The van der Waals surface area contributed by atoms with Crippen LogP contribution in [0, 0.1) is 0 Å². The van der Waals surface area contributed by atoms with Crippen LogP contribution in [0.15, 0.2) is 53.1 Å². The van der Waals surface area contributed by atoms with Gasteiger partial charge in [-0.3, -0.25) is 0 Å². The highest BCUT2D eigenvalue weighted by atomic mass is 16.6. The Labute approximate surface area is 163 Å². The third kappa shape index (κ3) is 5.09. The summed E-state index contributed by atoms with van der Waals surface area (Å²) in [5.74, 6) is 1.85. The topological polar surface area (TPSA) is 83.7 Å². The maximum Gasteiger partial charge on any atom is 0.344 e. The highest BCUT2D eigenvalue weighted by molar-refractivity contribution is 5.71. The summed E-state index contributed by atoms with van der Waals surface area (Å²) in [7, 11) is 1.58. The van der Waals surface area contributed by atoms with Gasteiger partial charge in [-0.1, -0.05) is 43.3 Å². The van der Waals surface area contributed by atoms with Gasteiger partial charge in [-0.15, -0.1) is 0 Å². The molecule has 1 aromatic heterocycles. The van der Waals surface area contributed by atoms with Crippen molar-refractivity contribution in [2.24, 2.45) is 0 Å². The molecule has 7 heteroatoms. The predicted molar refractivity (Wildman–Crippen MR) is 102 cm³/mol. The Morgan fingerprint density at radius 3 is 2.36 bits per heavy atom. The summed E-state index contributed by atoms with van der Waals surface area (Å²) in [6, 6.07) is 14.9. The maximum absolute atomic E-state index is 11.8. The number of benzene rings is 2. The fraction of sp³-hybridized carbons (Fsp3) is 0.286. The van der Waals surface area contributed by atoms with Gasteiger partial charge in [0.25, 0.3) is 5.89 Å². The number of carbonyl (C=O) groups excluding carboxylic acids is 1. The van der Waals surface area contributed by atoms with E-state index in [0.717, 1.165) is 5.56 Å². The summed E-state index contributed by atoms with van der Waals surface area (Å²) in [5.41, 5.74) is 2.08. The fourth-order valence-corrected chi connectivity index (χ4v) is 2.45. The fourth-order valence-electron chi connectivity index (χ4n) is 2.45. The van der Waals surface area contributed by atoms with Crippen LogP contribution in [-0.2, 0) is 16.1 Å². The molecule has 0 amide bonds. The Bertz CT molecular complexity index is 901. The zero-order chi connectivity index (χ0) is 19.9. The van der Waals surface area contributed by atoms with Crippen LogP contribution in [0.25, 0.3) is 11.4 Å². The lowest BCUT2D eigenvalue weighted by Crippen LogP contribution is -2.14. The lowest BCUT2D eigenvalue weighted by atomic mass is 10.0. The second-order valence-electron chi connectivity index (χ2n) is 6.41. The molecular weight excluding hydrogens is 360 g/mol. The third-order valence-electron chi connectivity index (χ3n) is 4.08. The van der Waals surface area contributed by atoms with Crippen molar-refractivity contribution in [3.8, 4) is 22.9 Å². The lowest BCUT2D eigenvalue weighted by molar-refractivity contribution is -0.148. The number of rotatable bonds is 8. The maximum atomic E-state index is 11.8. The number of hydrogen-bond donors (Lipinski definition) is 0. The minimum atomic E-state index is -0.531. The monoisotopic (exact) mass is 382 g/mol. The zero-order valence-corrected chi connectivity index (χ0v) is 16.0. The zero-order valence-electron chi connectivity index (χ0n) is 16.0. The van der Waals surface area contributed by atoms with Crippen LogP contribution in [0.1, 0.15) is 31.2 Å². The second-order valence-corrected chi connectivity index (χ2v) is 6.41. The molecule has 3 rings (SSSR count). The molecule has 0 bridgehead atoms. The van der Waals surface area contributed by atoms with Crippen LogP contribution >= 0.6 is 0 Å². The number of carbonyl (C=O) groups is 1. The van der Waals surface area contributed by atoms with Crippen molar-refractivity contribution in [2.45, 2.75) is 26.4 Å². The molecule has 0 radical (unpaired) electrons. The number of hydrogen-bond acceptors (Lipinski definition) is 7. The van der Waals surface area contributed by atoms with E-state index in [4.69, 9.17) is 18.7 Å². The van der Waals surface area contributed by atoms with Crippen LogP contribution in [0.5, 0.6) is 11.5 Å². The molecular formula is C21H22N2O5. The quantitative estimate of drug-likeness (QED) is 0.545. The number of methoxy groups -OCH3 is 1. The van der Waals surface area contributed by atoms with E-state index in [0.29, 0.717) is 23.2 Å². The normalized spacial score (nSPS) is 10.7. The molecule has 0 atom stereocenters. The van der Waals surface area contributed by atoms with Gasteiger partial charge < -0.3 is 18.7 Å². The van der Waals surface area contributed by atoms with E-state index in [9.17, 15) is 4.79 Å². The van der Waals surface area contributed by atoms with E-state index in [-0.39, 0.29) is 19.1 Å². The number of nitrogens with zero attached hydrogens (tertiary/aromatic N) is 2. The van der Waals surface area contributed by atoms with E-state index in [1.165, 1.54) is 5.56 Å². The van der Waals surface area contributed by atoms with Gasteiger partial charge in [0.2, 0.25) is 5.82 Å².